The Balaban J connectivity index is 3.05. The zero-order valence-electron chi connectivity index (χ0n) is 13.2. The Bertz CT molecular complexity index is 367. The second kappa shape index (κ2) is 7.01. The second-order valence-electron chi connectivity index (χ2n) is 6.01. The van der Waals surface area contributed by atoms with E-state index in [9.17, 15) is 0 Å². The normalized spacial score (nSPS) is 15.3. The topological polar surface area (TPSA) is 34.2 Å². The summed E-state index contributed by atoms with van der Waals surface area (Å²) in [5.41, 5.74) is 2.32. The van der Waals surface area contributed by atoms with Gasteiger partial charge >= 0.3 is 0 Å². The standard InChI is InChI=1S/C16H28N2O/c1-7-17-14(13-10-9-12(3)18-11-13)15(19-8-2)16(4,5)6/h9-11,14-15,17H,7-8H2,1-6H3. The predicted molar refractivity (Wildman–Crippen MR) is 80.3 cm³/mol. The minimum absolute atomic E-state index is 0.0771. The molecule has 0 aliphatic heterocycles. The first-order valence-electron chi connectivity index (χ1n) is 7.17. The fourth-order valence-electron chi connectivity index (χ4n) is 2.31. The Hall–Kier alpha value is -0.930. The second-order valence-corrected chi connectivity index (χ2v) is 6.01. The Morgan fingerprint density at radius 1 is 1.26 bits per heavy atom. The summed E-state index contributed by atoms with van der Waals surface area (Å²) in [5, 5.41) is 3.54. The van der Waals surface area contributed by atoms with E-state index < -0.39 is 0 Å². The lowest BCUT2D eigenvalue weighted by molar-refractivity contribution is -0.0363. The number of pyridine rings is 1. The molecule has 0 bridgehead atoms. The monoisotopic (exact) mass is 264 g/mol. The van der Waals surface area contributed by atoms with E-state index in [-0.39, 0.29) is 17.6 Å². The first-order chi connectivity index (χ1) is 8.90. The summed E-state index contributed by atoms with van der Waals surface area (Å²) in [6, 6.07) is 4.39. The molecule has 0 aliphatic rings. The molecule has 1 N–H and O–H groups in total. The predicted octanol–water partition coefficient (Wildman–Crippen LogP) is 3.49. The van der Waals surface area contributed by atoms with E-state index >= 15 is 0 Å². The minimum Gasteiger partial charge on any atom is -0.376 e. The molecule has 1 rings (SSSR count). The molecule has 1 aromatic heterocycles. The van der Waals surface area contributed by atoms with Gasteiger partial charge in [-0.05, 0) is 37.4 Å². The van der Waals surface area contributed by atoms with Gasteiger partial charge in [-0.3, -0.25) is 4.98 Å². The van der Waals surface area contributed by atoms with E-state index in [1.54, 1.807) is 0 Å². The Labute approximate surface area is 117 Å². The van der Waals surface area contributed by atoms with Gasteiger partial charge in [0.15, 0.2) is 0 Å². The Morgan fingerprint density at radius 2 is 1.95 bits per heavy atom. The van der Waals surface area contributed by atoms with Crippen LogP contribution in [0.15, 0.2) is 18.3 Å². The van der Waals surface area contributed by atoms with E-state index in [2.05, 4.69) is 57.1 Å². The quantitative estimate of drug-likeness (QED) is 0.854. The van der Waals surface area contributed by atoms with Gasteiger partial charge in [0.1, 0.15) is 0 Å². The number of nitrogens with zero attached hydrogens (tertiary/aromatic N) is 1. The van der Waals surface area contributed by atoms with E-state index in [4.69, 9.17) is 4.74 Å². The molecule has 0 spiro atoms. The van der Waals surface area contributed by atoms with Crippen molar-refractivity contribution in [2.24, 2.45) is 5.41 Å². The number of aromatic nitrogens is 1. The van der Waals surface area contributed by atoms with Crippen LogP contribution in [-0.4, -0.2) is 24.2 Å². The summed E-state index contributed by atoms with van der Waals surface area (Å²) < 4.78 is 6.02. The van der Waals surface area contributed by atoms with E-state index in [1.807, 2.05) is 13.1 Å². The molecule has 1 heterocycles. The average molecular weight is 264 g/mol. The molecule has 0 saturated carbocycles. The molecular weight excluding hydrogens is 236 g/mol. The fraction of sp³-hybridized carbons (Fsp3) is 0.688. The highest BCUT2D eigenvalue weighted by atomic mass is 16.5. The average Bonchev–Trinajstić information content (AvgIpc) is 2.33. The molecule has 0 saturated heterocycles. The van der Waals surface area contributed by atoms with Crippen molar-refractivity contribution in [3.05, 3.63) is 29.6 Å². The van der Waals surface area contributed by atoms with Crippen molar-refractivity contribution in [2.75, 3.05) is 13.2 Å². The van der Waals surface area contributed by atoms with Crippen LogP contribution in [0.25, 0.3) is 0 Å². The lowest BCUT2D eigenvalue weighted by atomic mass is 9.82. The maximum atomic E-state index is 6.02. The number of hydrogen-bond donors (Lipinski definition) is 1. The summed E-state index contributed by atoms with van der Waals surface area (Å²) in [7, 11) is 0. The van der Waals surface area contributed by atoms with Crippen LogP contribution in [0.4, 0.5) is 0 Å². The van der Waals surface area contributed by atoms with Crippen molar-refractivity contribution >= 4 is 0 Å². The SMILES string of the molecule is CCNC(c1ccc(C)nc1)C(OCC)C(C)(C)C. The zero-order chi connectivity index (χ0) is 14.5. The third-order valence-electron chi connectivity index (χ3n) is 3.22. The van der Waals surface area contributed by atoms with E-state index in [0.29, 0.717) is 0 Å². The van der Waals surface area contributed by atoms with Crippen molar-refractivity contribution in [2.45, 2.75) is 53.7 Å². The molecule has 3 heteroatoms. The number of rotatable bonds is 6. The van der Waals surface area contributed by atoms with E-state index in [1.165, 1.54) is 5.56 Å². The number of hydrogen-bond acceptors (Lipinski definition) is 3. The molecular formula is C16H28N2O. The first kappa shape index (κ1) is 16.1. The van der Waals surface area contributed by atoms with Crippen LogP contribution in [0, 0.1) is 12.3 Å². The summed E-state index contributed by atoms with van der Waals surface area (Å²) in [4.78, 5) is 4.41. The van der Waals surface area contributed by atoms with Crippen molar-refractivity contribution in [1.29, 1.82) is 0 Å². The lowest BCUT2D eigenvalue weighted by Crippen LogP contribution is -2.42. The van der Waals surface area contributed by atoms with Crippen LogP contribution in [0.3, 0.4) is 0 Å². The van der Waals surface area contributed by atoms with Crippen molar-refractivity contribution < 1.29 is 4.74 Å². The van der Waals surface area contributed by atoms with Crippen LogP contribution in [0.5, 0.6) is 0 Å². The van der Waals surface area contributed by atoms with E-state index in [0.717, 1.165) is 18.8 Å². The number of ether oxygens (including phenoxy) is 1. The molecule has 3 nitrogen and oxygen atoms in total. The van der Waals surface area contributed by atoms with Crippen LogP contribution >= 0.6 is 0 Å². The third-order valence-corrected chi connectivity index (χ3v) is 3.22. The van der Waals surface area contributed by atoms with Crippen molar-refractivity contribution in [1.82, 2.24) is 10.3 Å². The van der Waals surface area contributed by atoms with Gasteiger partial charge in [-0.15, -0.1) is 0 Å². The fourth-order valence-corrected chi connectivity index (χ4v) is 2.31. The lowest BCUT2D eigenvalue weighted by Gasteiger charge is -2.37. The maximum Gasteiger partial charge on any atom is 0.0818 e. The van der Waals surface area contributed by atoms with Gasteiger partial charge in [0.2, 0.25) is 0 Å². The zero-order valence-corrected chi connectivity index (χ0v) is 13.2. The van der Waals surface area contributed by atoms with Gasteiger partial charge in [-0.25, -0.2) is 0 Å². The molecule has 1 aromatic rings. The molecule has 108 valence electrons. The highest BCUT2D eigenvalue weighted by Crippen LogP contribution is 2.32. The van der Waals surface area contributed by atoms with Gasteiger partial charge in [0.05, 0.1) is 12.1 Å². The van der Waals surface area contributed by atoms with Gasteiger partial charge in [0, 0.05) is 18.5 Å². The molecule has 0 radical (unpaired) electrons. The van der Waals surface area contributed by atoms with Gasteiger partial charge in [0.25, 0.3) is 0 Å². The van der Waals surface area contributed by atoms with Crippen molar-refractivity contribution in [3.8, 4) is 0 Å². The van der Waals surface area contributed by atoms with Crippen molar-refractivity contribution in [3.63, 3.8) is 0 Å². The van der Waals surface area contributed by atoms with Gasteiger partial charge in [-0.1, -0.05) is 33.8 Å². The Morgan fingerprint density at radius 3 is 2.37 bits per heavy atom. The van der Waals surface area contributed by atoms with Gasteiger partial charge in [-0.2, -0.15) is 0 Å². The summed E-state index contributed by atoms with van der Waals surface area (Å²) in [6.45, 7) is 14.5. The minimum atomic E-state index is 0.0771. The van der Waals surface area contributed by atoms with Crippen LogP contribution in [0.2, 0.25) is 0 Å². The number of likely N-dealkylation sites (N-methyl/N-ethyl adjacent to an activating group) is 1. The molecule has 2 unspecified atom stereocenters. The van der Waals surface area contributed by atoms with Gasteiger partial charge < -0.3 is 10.1 Å². The molecule has 0 aliphatic carbocycles. The van der Waals surface area contributed by atoms with Crippen LogP contribution in [-0.2, 0) is 4.74 Å². The molecule has 2 atom stereocenters. The Kier molecular flexibility index (Phi) is 5.95. The highest BCUT2D eigenvalue weighted by molar-refractivity contribution is 5.19. The first-order valence-corrected chi connectivity index (χ1v) is 7.17. The molecule has 19 heavy (non-hydrogen) atoms. The molecule has 0 aromatic carbocycles. The summed E-state index contributed by atoms with van der Waals surface area (Å²) in [5.74, 6) is 0. The summed E-state index contributed by atoms with van der Waals surface area (Å²) >= 11 is 0. The summed E-state index contributed by atoms with van der Waals surface area (Å²) in [6.07, 6.45) is 2.09. The highest BCUT2D eigenvalue weighted by Gasteiger charge is 2.33. The van der Waals surface area contributed by atoms with Crippen LogP contribution in [0.1, 0.15) is 51.9 Å². The third kappa shape index (κ3) is 4.59. The number of nitrogens with one attached hydrogen (secondary N) is 1. The molecule has 0 fully saturated rings. The smallest absolute Gasteiger partial charge is 0.0818 e. The maximum absolute atomic E-state index is 6.02. The largest absolute Gasteiger partial charge is 0.376 e. The number of aryl methyl sites for hydroxylation is 1. The van der Waals surface area contributed by atoms with Crippen LogP contribution < -0.4 is 5.32 Å². The molecule has 0 amide bonds.